The average molecular weight is 390 g/mol. The molecule has 1 atom stereocenters. The summed E-state index contributed by atoms with van der Waals surface area (Å²) in [5.41, 5.74) is -0.347. The predicted octanol–water partition coefficient (Wildman–Crippen LogP) is 1.73. The van der Waals surface area contributed by atoms with Gasteiger partial charge in [0.1, 0.15) is 5.82 Å². The van der Waals surface area contributed by atoms with E-state index in [9.17, 15) is 22.4 Å². The van der Waals surface area contributed by atoms with Gasteiger partial charge < -0.3 is 10.1 Å². The molecule has 0 saturated carbocycles. The van der Waals surface area contributed by atoms with Crippen LogP contribution in [0.25, 0.3) is 6.08 Å². The summed E-state index contributed by atoms with van der Waals surface area (Å²) in [6.07, 6.45) is 2.77. The largest absolute Gasteiger partial charge is 0.452 e. The summed E-state index contributed by atoms with van der Waals surface area (Å²) in [6.45, 7) is 1.11. The highest BCUT2D eigenvalue weighted by atomic mass is 35.5. The van der Waals surface area contributed by atoms with E-state index < -0.39 is 39.7 Å². The van der Waals surface area contributed by atoms with Crippen LogP contribution < -0.4 is 5.32 Å². The van der Waals surface area contributed by atoms with Gasteiger partial charge in [-0.25, -0.2) is 17.6 Å². The number of sulfone groups is 1. The van der Waals surface area contributed by atoms with Crippen LogP contribution in [-0.2, 0) is 24.2 Å². The monoisotopic (exact) mass is 389 g/mol. The van der Waals surface area contributed by atoms with Crippen molar-refractivity contribution in [3.8, 4) is 0 Å². The summed E-state index contributed by atoms with van der Waals surface area (Å²) in [7, 11) is -3.15. The number of carbonyl (C=O) groups is 2. The summed E-state index contributed by atoms with van der Waals surface area (Å²) in [5.74, 6) is -2.02. The lowest BCUT2D eigenvalue weighted by atomic mass is 10.0. The first kappa shape index (κ1) is 19.4. The smallest absolute Gasteiger partial charge is 0.331 e. The lowest BCUT2D eigenvalue weighted by molar-refractivity contribution is -0.144. The zero-order valence-corrected chi connectivity index (χ0v) is 15.0. The van der Waals surface area contributed by atoms with Gasteiger partial charge in [0.15, 0.2) is 16.4 Å². The van der Waals surface area contributed by atoms with Gasteiger partial charge >= 0.3 is 5.97 Å². The minimum atomic E-state index is -3.15. The third kappa shape index (κ3) is 5.82. The van der Waals surface area contributed by atoms with Crippen molar-refractivity contribution in [3.05, 3.63) is 40.7 Å². The predicted molar refractivity (Wildman–Crippen MR) is 91.2 cm³/mol. The number of ether oxygens (including phenoxy) is 1. The number of hydrogen-bond acceptors (Lipinski definition) is 5. The molecule has 1 aliphatic rings. The Hall–Kier alpha value is -1.93. The number of rotatable bonds is 5. The van der Waals surface area contributed by atoms with Gasteiger partial charge in [-0.15, -0.1) is 0 Å². The highest BCUT2D eigenvalue weighted by Crippen LogP contribution is 2.22. The van der Waals surface area contributed by atoms with E-state index in [2.05, 4.69) is 5.32 Å². The van der Waals surface area contributed by atoms with E-state index in [1.807, 2.05) is 0 Å². The van der Waals surface area contributed by atoms with Crippen molar-refractivity contribution in [2.24, 2.45) is 0 Å². The molecular weight excluding hydrogens is 373 g/mol. The maximum absolute atomic E-state index is 13.0. The van der Waals surface area contributed by atoms with Crippen LogP contribution >= 0.6 is 11.6 Å². The summed E-state index contributed by atoms with van der Waals surface area (Å²) in [4.78, 5) is 23.4. The zero-order valence-electron chi connectivity index (χ0n) is 13.4. The van der Waals surface area contributed by atoms with Crippen molar-refractivity contribution in [3.63, 3.8) is 0 Å². The quantitative estimate of drug-likeness (QED) is 0.612. The van der Waals surface area contributed by atoms with Crippen molar-refractivity contribution in [1.82, 2.24) is 5.32 Å². The Bertz CT molecular complexity index is 824. The Balaban J connectivity index is 1.82. The molecule has 1 saturated heterocycles. The Morgan fingerprint density at radius 2 is 2.16 bits per heavy atom. The molecule has 0 unspecified atom stereocenters. The normalized spacial score (nSPS) is 22.0. The van der Waals surface area contributed by atoms with Crippen molar-refractivity contribution in [2.75, 3.05) is 18.1 Å². The topological polar surface area (TPSA) is 89.5 Å². The summed E-state index contributed by atoms with van der Waals surface area (Å²) in [6, 6.07) is 3.94. The maximum Gasteiger partial charge on any atom is 0.331 e. The number of hydrogen-bond donors (Lipinski definition) is 1. The summed E-state index contributed by atoms with van der Waals surface area (Å²) in [5, 5.41) is 2.50. The number of benzene rings is 1. The van der Waals surface area contributed by atoms with Gasteiger partial charge in [0, 0.05) is 6.08 Å². The number of halogens is 2. The van der Waals surface area contributed by atoms with Crippen LogP contribution in [0.1, 0.15) is 18.9 Å². The molecule has 1 heterocycles. The van der Waals surface area contributed by atoms with Crippen LogP contribution in [0.2, 0.25) is 5.02 Å². The molecule has 25 heavy (non-hydrogen) atoms. The summed E-state index contributed by atoms with van der Waals surface area (Å²) >= 11 is 5.63. The van der Waals surface area contributed by atoms with E-state index in [0.29, 0.717) is 12.0 Å². The second kappa shape index (κ2) is 7.53. The summed E-state index contributed by atoms with van der Waals surface area (Å²) < 4.78 is 40.8. The van der Waals surface area contributed by atoms with Crippen LogP contribution in [0.5, 0.6) is 0 Å². The van der Waals surface area contributed by atoms with Gasteiger partial charge in [0.25, 0.3) is 5.91 Å². The molecule has 1 aromatic carbocycles. The first-order valence-electron chi connectivity index (χ1n) is 7.40. The lowest BCUT2D eigenvalue weighted by Crippen LogP contribution is -2.48. The van der Waals surface area contributed by atoms with Crippen LogP contribution in [-0.4, -0.2) is 43.9 Å². The number of nitrogens with one attached hydrogen (secondary N) is 1. The fraction of sp³-hybridized carbons (Fsp3) is 0.375. The van der Waals surface area contributed by atoms with Gasteiger partial charge in [-0.2, -0.15) is 0 Å². The van der Waals surface area contributed by atoms with Crippen molar-refractivity contribution in [1.29, 1.82) is 0 Å². The first-order chi connectivity index (χ1) is 11.6. The number of esters is 1. The molecule has 1 aliphatic heterocycles. The SMILES string of the molecule is C[C@]1(NC(=O)COC(=O)/C=C/c2ccc(F)c(Cl)c2)CCS(=O)(=O)C1. The standard InChI is InChI=1S/C16H17ClFNO5S/c1-16(6-7-25(22,23)10-16)19-14(20)9-24-15(21)5-3-11-2-4-13(18)12(17)8-11/h2-5,8H,6-7,9-10H2,1H3,(H,19,20)/b5-3+/t16-/m0/s1. The van der Waals surface area contributed by atoms with E-state index in [4.69, 9.17) is 16.3 Å². The van der Waals surface area contributed by atoms with Gasteiger partial charge in [0.05, 0.1) is 22.1 Å². The fourth-order valence-electron chi connectivity index (χ4n) is 2.45. The Morgan fingerprint density at radius 3 is 2.76 bits per heavy atom. The zero-order chi connectivity index (χ0) is 18.7. The molecule has 2 rings (SSSR count). The minimum absolute atomic E-state index is 0.0204. The third-order valence-corrected chi connectivity index (χ3v) is 5.84. The Kier molecular flexibility index (Phi) is 5.84. The third-order valence-electron chi connectivity index (χ3n) is 3.65. The van der Waals surface area contributed by atoms with Crippen LogP contribution in [0.4, 0.5) is 4.39 Å². The van der Waals surface area contributed by atoms with E-state index >= 15 is 0 Å². The van der Waals surface area contributed by atoms with E-state index in [0.717, 1.165) is 12.1 Å². The average Bonchev–Trinajstić information content (AvgIpc) is 2.79. The molecule has 136 valence electrons. The second-order valence-electron chi connectivity index (χ2n) is 6.07. The van der Waals surface area contributed by atoms with Crippen molar-refractivity contribution < 1.29 is 27.1 Å². The molecular formula is C16H17ClFNO5S. The fourth-order valence-corrected chi connectivity index (χ4v) is 4.73. The van der Waals surface area contributed by atoms with E-state index in [-0.39, 0.29) is 16.5 Å². The molecule has 1 N–H and O–H groups in total. The molecule has 0 aromatic heterocycles. The first-order valence-corrected chi connectivity index (χ1v) is 9.60. The highest BCUT2D eigenvalue weighted by Gasteiger charge is 2.39. The molecule has 0 bridgehead atoms. The van der Waals surface area contributed by atoms with Crippen molar-refractivity contribution >= 4 is 39.4 Å². The molecule has 0 radical (unpaired) electrons. The maximum atomic E-state index is 13.0. The van der Waals surface area contributed by atoms with Gasteiger partial charge in [-0.1, -0.05) is 17.7 Å². The number of carbonyl (C=O) groups excluding carboxylic acids is 2. The molecule has 6 nitrogen and oxygen atoms in total. The van der Waals surface area contributed by atoms with Crippen LogP contribution in [0.3, 0.4) is 0 Å². The number of amides is 1. The van der Waals surface area contributed by atoms with Crippen molar-refractivity contribution in [2.45, 2.75) is 18.9 Å². The van der Waals surface area contributed by atoms with Gasteiger partial charge in [-0.05, 0) is 37.1 Å². The molecule has 0 aliphatic carbocycles. The molecule has 1 aromatic rings. The van der Waals surface area contributed by atoms with Gasteiger partial charge in [-0.3, -0.25) is 4.79 Å². The lowest BCUT2D eigenvalue weighted by Gasteiger charge is -2.23. The van der Waals surface area contributed by atoms with E-state index in [1.165, 1.54) is 18.2 Å². The Morgan fingerprint density at radius 1 is 1.44 bits per heavy atom. The van der Waals surface area contributed by atoms with Crippen LogP contribution in [0.15, 0.2) is 24.3 Å². The minimum Gasteiger partial charge on any atom is -0.452 e. The van der Waals surface area contributed by atoms with E-state index in [1.54, 1.807) is 6.92 Å². The highest BCUT2D eigenvalue weighted by molar-refractivity contribution is 7.91. The molecule has 9 heteroatoms. The molecule has 1 fully saturated rings. The second-order valence-corrected chi connectivity index (χ2v) is 8.66. The van der Waals surface area contributed by atoms with Gasteiger partial charge in [0.2, 0.25) is 0 Å². The molecule has 1 amide bonds. The van der Waals surface area contributed by atoms with Crippen LogP contribution in [0, 0.1) is 5.82 Å². The molecule has 0 spiro atoms. The Labute approximate surface area is 149 Å².